The third-order valence-electron chi connectivity index (χ3n) is 6.28. The average Bonchev–Trinajstić information content (AvgIpc) is 3.56. The smallest absolute Gasteiger partial charge is 0.252 e. The lowest BCUT2D eigenvalue weighted by Gasteiger charge is -2.18. The van der Waals surface area contributed by atoms with E-state index in [1.54, 1.807) is 21.3 Å². The Hall–Kier alpha value is -1.78. The van der Waals surface area contributed by atoms with E-state index in [0.29, 0.717) is 35.9 Å². The lowest BCUT2D eigenvalue weighted by molar-refractivity contribution is -0.129. The van der Waals surface area contributed by atoms with E-state index in [4.69, 9.17) is 0 Å². The van der Waals surface area contributed by atoms with Crippen molar-refractivity contribution >= 4 is 27.3 Å². The molecular weight excluding hydrogens is 444 g/mol. The van der Waals surface area contributed by atoms with E-state index >= 15 is 0 Å². The topological polar surface area (TPSA) is 81.7 Å². The predicted molar refractivity (Wildman–Crippen MR) is 127 cm³/mol. The van der Waals surface area contributed by atoms with Gasteiger partial charge in [-0.3, -0.25) is 15.6 Å². The van der Waals surface area contributed by atoms with E-state index in [2.05, 4.69) is 35.1 Å². The molecule has 174 valence electrons. The number of benzene rings is 1. The number of amides is 1. The molecule has 2 atom stereocenters. The third kappa shape index (κ3) is 5.58. The van der Waals surface area contributed by atoms with E-state index in [0.717, 1.165) is 37.0 Å². The van der Waals surface area contributed by atoms with Crippen LogP contribution in [0.15, 0.2) is 46.7 Å². The number of sulfonamides is 1. The Morgan fingerprint density at radius 3 is 2.62 bits per heavy atom. The molecule has 2 fully saturated rings. The van der Waals surface area contributed by atoms with Gasteiger partial charge in [0.2, 0.25) is 5.91 Å². The predicted octanol–water partition coefficient (Wildman–Crippen LogP) is 2.92. The number of likely N-dealkylation sites (N-methyl/N-ethyl adjacent to an activating group) is 1. The summed E-state index contributed by atoms with van der Waals surface area (Å²) in [6, 6.07) is 14.6. The number of thiophene rings is 1. The zero-order valence-corrected chi connectivity index (χ0v) is 20.1. The Morgan fingerprint density at radius 1 is 1.12 bits per heavy atom. The summed E-state index contributed by atoms with van der Waals surface area (Å²) in [5.74, 6) is 0.0247. The van der Waals surface area contributed by atoms with Crippen LogP contribution in [0.3, 0.4) is 0 Å². The fourth-order valence-corrected chi connectivity index (χ4v) is 7.36. The van der Waals surface area contributed by atoms with Gasteiger partial charge in [-0.05, 0) is 49.8 Å². The van der Waals surface area contributed by atoms with Crippen molar-refractivity contribution in [2.45, 2.75) is 54.8 Å². The Kier molecular flexibility index (Phi) is 7.63. The van der Waals surface area contributed by atoms with Crippen molar-refractivity contribution in [1.82, 2.24) is 20.1 Å². The summed E-state index contributed by atoms with van der Waals surface area (Å²) >= 11 is 1.22. The third-order valence-corrected chi connectivity index (χ3v) is 9.73. The van der Waals surface area contributed by atoms with Gasteiger partial charge in [-0.15, -0.1) is 11.3 Å². The first-order valence-corrected chi connectivity index (χ1v) is 13.6. The lowest BCUT2D eigenvalue weighted by atomic mass is 10.00. The molecule has 9 heteroatoms. The van der Waals surface area contributed by atoms with Crippen LogP contribution in [-0.4, -0.2) is 56.3 Å². The summed E-state index contributed by atoms with van der Waals surface area (Å²) in [6.07, 6.45) is 5.02. The van der Waals surface area contributed by atoms with Crippen LogP contribution in [0.25, 0.3) is 0 Å². The standard InChI is InChI=1S/C23H32N4O3S2/c1-26(13-7-10-19-16-21(25-24-19)18-8-3-2-4-9-18)22(28)17-20-11-12-23(31-20)32(29,30)27-14-5-6-15-27/h2-4,8-9,11-12,19,21,24-25H,5-7,10,13-17H2,1H3. The van der Waals surface area contributed by atoms with Gasteiger partial charge >= 0.3 is 0 Å². The number of carbonyl (C=O) groups is 1. The van der Waals surface area contributed by atoms with Gasteiger partial charge in [0.1, 0.15) is 4.21 Å². The van der Waals surface area contributed by atoms with Gasteiger partial charge < -0.3 is 4.90 Å². The highest BCUT2D eigenvalue weighted by atomic mass is 32.2. The molecule has 7 nitrogen and oxygen atoms in total. The number of carbonyl (C=O) groups excluding carboxylic acids is 1. The second-order valence-electron chi connectivity index (χ2n) is 8.65. The number of hydrogen-bond acceptors (Lipinski definition) is 6. The SMILES string of the molecule is CN(CCCC1CC(c2ccccc2)NN1)C(=O)Cc1ccc(S(=O)(=O)N2CCCC2)s1. The molecule has 2 aliphatic heterocycles. The minimum absolute atomic E-state index is 0.0247. The minimum atomic E-state index is -3.41. The summed E-state index contributed by atoms with van der Waals surface area (Å²) in [7, 11) is -1.58. The summed E-state index contributed by atoms with van der Waals surface area (Å²) in [4.78, 5) is 15.2. The van der Waals surface area contributed by atoms with Crippen molar-refractivity contribution in [2.75, 3.05) is 26.7 Å². The molecule has 1 aromatic heterocycles. The molecule has 2 aromatic rings. The molecule has 3 heterocycles. The van der Waals surface area contributed by atoms with E-state index in [1.165, 1.54) is 16.9 Å². The number of nitrogens with one attached hydrogen (secondary N) is 2. The van der Waals surface area contributed by atoms with Gasteiger partial charge in [-0.2, -0.15) is 4.31 Å². The monoisotopic (exact) mass is 476 g/mol. The fourth-order valence-electron chi connectivity index (χ4n) is 4.35. The zero-order chi connectivity index (χ0) is 22.6. The van der Waals surface area contributed by atoms with Crippen LogP contribution in [0, 0.1) is 0 Å². The summed E-state index contributed by atoms with van der Waals surface area (Å²) < 4.78 is 27.2. The molecule has 1 amide bonds. The largest absolute Gasteiger partial charge is 0.345 e. The number of hydrazine groups is 1. The quantitative estimate of drug-likeness (QED) is 0.582. The number of nitrogens with zero attached hydrogens (tertiary/aromatic N) is 2. The molecule has 4 rings (SSSR count). The summed E-state index contributed by atoms with van der Waals surface area (Å²) in [5.41, 5.74) is 8.03. The van der Waals surface area contributed by atoms with Crippen molar-refractivity contribution < 1.29 is 13.2 Å². The Bertz CT molecular complexity index is 1000. The van der Waals surface area contributed by atoms with Crippen molar-refractivity contribution in [3.63, 3.8) is 0 Å². The maximum Gasteiger partial charge on any atom is 0.252 e. The minimum Gasteiger partial charge on any atom is -0.345 e. The molecule has 0 saturated carbocycles. The molecule has 0 aliphatic carbocycles. The molecule has 2 N–H and O–H groups in total. The maximum atomic E-state index is 12.7. The average molecular weight is 477 g/mol. The number of rotatable bonds is 9. The second-order valence-corrected chi connectivity index (χ2v) is 12.0. The first-order chi connectivity index (χ1) is 15.4. The molecular formula is C23H32N4O3S2. The van der Waals surface area contributed by atoms with E-state index in [-0.39, 0.29) is 12.3 Å². The molecule has 0 radical (unpaired) electrons. The molecule has 2 saturated heterocycles. The van der Waals surface area contributed by atoms with Crippen LogP contribution in [0.4, 0.5) is 0 Å². The molecule has 2 aliphatic rings. The van der Waals surface area contributed by atoms with Crippen LogP contribution in [0.5, 0.6) is 0 Å². The molecule has 1 aromatic carbocycles. The highest BCUT2D eigenvalue weighted by Crippen LogP contribution is 2.28. The zero-order valence-electron chi connectivity index (χ0n) is 18.5. The van der Waals surface area contributed by atoms with Gasteiger partial charge in [0.25, 0.3) is 10.0 Å². The van der Waals surface area contributed by atoms with E-state index in [9.17, 15) is 13.2 Å². The van der Waals surface area contributed by atoms with Crippen LogP contribution >= 0.6 is 11.3 Å². The molecule has 32 heavy (non-hydrogen) atoms. The second kappa shape index (κ2) is 10.4. The Labute approximate surface area is 194 Å². The van der Waals surface area contributed by atoms with E-state index < -0.39 is 10.0 Å². The van der Waals surface area contributed by atoms with Crippen molar-refractivity contribution in [3.05, 3.63) is 52.9 Å². The summed E-state index contributed by atoms with van der Waals surface area (Å²) in [6.45, 7) is 1.88. The van der Waals surface area contributed by atoms with Gasteiger partial charge in [-0.1, -0.05) is 30.3 Å². The van der Waals surface area contributed by atoms with Crippen LogP contribution in [0.1, 0.15) is 48.6 Å². The van der Waals surface area contributed by atoms with Crippen molar-refractivity contribution in [3.8, 4) is 0 Å². The van der Waals surface area contributed by atoms with Gasteiger partial charge in [0.05, 0.1) is 6.42 Å². The molecule has 0 bridgehead atoms. The fraction of sp³-hybridized carbons (Fsp3) is 0.522. The molecule has 2 unspecified atom stereocenters. The van der Waals surface area contributed by atoms with Crippen molar-refractivity contribution in [2.24, 2.45) is 0 Å². The Morgan fingerprint density at radius 2 is 1.88 bits per heavy atom. The first kappa shape index (κ1) is 23.4. The van der Waals surface area contributed by atoms with Crippen LogP contribution < -0.4 is 10.9 Å². The highest BCUT2D eigenvalue weighted by Gasteiger charge is 2.29. The normalized spacial score (nSPS) is 21.8. The highest BCUT2D eigenvalue weighted by molar-refractivity contribution is 7.91. The lowest BCUT2D eigenvalue weighted by Crippen LogP contribution is -2.33. The maximum absolute atomic E-state index is 12.7. The van der Waals surface area contributed by atoms with E-state index in [1.807, 2.05) is 13.1 Å². The Balaban J connectivity index is 1.21. The summed E-state index contributed by atoms with van der Waals surface area (Å²) in [5, 5.41) is 0. The van der Waals surface area contributed by atoms with Gasteiger partial charge in [0, 0.05) is 43.6 Å². The van der Waals surface area contributed by atoms with Crippen LogP contribution in [0.2, 0.25) is 0 Å². The first-order valence-electron chi connectivity index (χ1n) is 11.3. The van der Waals surface area contributed by atoms with Crippen LogP contribution in [-0.2, 0) is 21.2 Å². The van der Waals surface area contributed by atoms with Gasteiger partial charge in [0.15, 0.2) is 0 Å². The number of hydrogen-bond donors (Lipinski definition) is 2. The van der Waals surface area contributed by atoms with Gasteiger partial charge in [-0.25, -0.2) is 8.42 Å². The molecule has 0 spiro atoms. The van der Waals surface area contributed by atoms with Crippen molar-refractivity contribution in [1.29, 1.82) is 0 Å².